The minimum absolute atomic E-state index is 0.127. The van der Waals surface area contributed by atoms with E-state index >= 15 is 0 Å². The fourth-order valence-corrected chi connectivity index (χ4v) is 2.75. The first kappa shape index (κ1) is 10.6. The van der Waals surface area contributed by atoms with Crippen LogP contribution in [0.15, 0.2) is 29.1 Å². The maximum absolute atomic E-state index is 12.4. The standard InChI is InChI=1S/C13H17N3O/c1-2-15-11-5-3-4-6-12(11)16(13(15)17)10-7-8-14-9-10/h3-6,10,14H,2,7-9H2,1H3. The van der Waals surface area contributed by atoms with E-state index in [1.165, 1.54) is 0 Å². The molecule has 0 bridgehead atoms. The van der Waals surface area contributed by atoms with Gasteiger partial charge < -0.3 is 5.32 Å². The summed E-state index contributed by atoms with van der Waals surface area (Å²) in [4.78, 5) is 12.4. The highest BCUT2D eigenvalue weighted by Crippen LogP contribution is 2.20. The SMILES string of the molecule is CCn1c(=O)n(C2CCNC2)c2ccccc21. The zero-order valence-electron chi connectivity index (χ0n) is 10.0. The molecule has 1 fully saturated rings. The number of benzene rings is 1. The highest BCUT2D eigenvalue weighted by atomic mass is 16.1. The molecule has 2 aromatic rings. The Bertz CT molecular complexity index is 590. The second-order valence-corrected chi connectivity index (χ2v) is 4.53. The normalized spacial score (nSPS) is 20.2. The molecule has 1 aliphatic heterocycles. The maximum atomic E-state index is 12.4. The third-order valence-corrected chi connectivity index (χ3v) is 3.58. The van der Waals surface area contributed by atoms with Gasteiger partial charge in [0.05, 0.1) is 17.1 Å². The molecule has 90 valence electrons. The molecule has 0 amide bonds. The second-order valence-electron chi connectivity index (χ2n) is 4.53. The molecule has 4 nitrogen and oxygen atoms in total. The summed E-state index contributed by atoms with van der Waals surface area (Å²) in [5.41, 5.74) is 2.24. The molecule has 0 radical (unpaired) electrons. The Hall–Kier alpha value is -1.55. The molecule has 3 rings (SSSR count). The van der Waals surface area contributed by atoms with E-state index in [9.17, 15) is 4.79 Å². The van der Waals surface area contributed by atoms with Crippen molar-refractivity contribution in [3.05, 3.63) is 34.7 Å². The van der Waals surface area contributed by atoms with Crippen LogP contribution in [-0.4, -0.2) is 22.2 Å². The average Bonchev–Trinajstić information content (AvgIpc) is 2.93. The Morgan fingerprint density at radius 3 is 2.76 bits per heavy atom. The van der Waals surface area contributed by atoms with Crippen molar-refractivity contribution in [2.45, 2.75) is 25.9 Å². The Balaban J connectivity index is 2.29. The first-order valence-electron chi connectivity index (χ1n) is 6.23. The molecule has 1 N–H and O–H groups in total. The van der Waals surface area contributed by atoms with Gasteiger partial charge in [0, 0.05) is 13.1 Å². The van der Waals surface area contributed by atoms with E-state index in [0.717, 1.165) is 37.1 Å². The molecule has 1 aromatic carbocycles. The Kier molecular flexibility index (Phi) is 2.52. The van der Waals surface area contributed by atoms with Crippen molar-refractivity contribution in [3.8, 4) is 0 Å². The quantitative estimate of drug-likeness (QED) is 0.847. The Morgan fingerprint density at radius 1 is 1.35 bits per heavy atom. The van der Waals surface area contributed by atoms with E-state index < -0.39 is 0 Å². The van der Waals surface area contributed by atoms with Gasteiger partial charge in [-0.3, -0.25) is 9.13 Å². The van der Waals surface area contributed by atoms with Crippen LogP contribution in [0.25, 0.3) is 11.0 Å². The van der Waals surface area contributed by atoms with Crippen LogP contribution in [-0.2, 0) is 6.54 Å². The lowest BCUT2D eigenvalue weighted by molar-refractivity contribution is 0.529. The van der Waals surface area contributed by atoms with Crippen molar-refractivity contribution in [1.29, 1.82) is 0 Å². The number of fused-ring (bicyclic) bond motifs is 1. The first-order chi connectivity index (χ1) is 8.33. The molecule has 17 heavy (non-hydrogen) atoms. The molecule has 0 aliphatic carbocycles. The molecule has 4 heteroatoms. The smallest absolute Gasteiger partial charge is 0.315 e. The molecule has 0 saturated carbocycles. The van der Waals surface area contributed by atoms with Gasteiger partial charge in [-0.2, -0.15) is 0 Å². The van der Waals surface area contributed by atoms with Crippen LogP contribution >= 0.6 is 0 Å². The van der Waals surface area contributed by atoms with Crippen LogP contribution in [0.2, 0.25) is 0 Å². The molecule has 1 aliphatic rings. The third-order valence-electron chi connectivity index (χ3n) is 3.58. The molecule has 1 aromatic heterocycles. The number of aromatic nitrogens is 2. The van der Waals surface area contributed by atoms with Gasteiger partial charge in [0.15, 0.2) is 0 Å². The average molecular weight is 231 g/mol. The number of hydrogen-bond acceptors (Lipinski definition) is 2. The van der Waals surface area contributed by atoms with Crippen molar-refractivity contribution in [3.63, 3.8) is 0 Å². The summed E-state index contributed by atoms with van der Waals surface area (Å²) >= 11 is 0. The second kappa shape index (κ2) is 4.04. The maximum Gasteiger partial charge on any atom is 0.329 e. The predicted octanol–water partition coefficient (Wildman–Crippen LogP) is 1.36. The van der Waals surface area contributed by atoms with E-state index in [0.29, 0.717) is 6.04 Å². The lowest BCUT2D eigenvalue weighted by Gasteiger charge is -2.10. The zero-order chi connectivity index (χ0) is 11.8. The third kappa shape index (κ3) is 1.52. The molecule has 1 saturated heterocycles. The largest absolute Gasteiger partial charge is 0.329 e. The van der Waals surface area contributed by atoms with Crippen molar-refractivity contribution in [2.75, 3.05) is 13.1 Å². The highest BCUT2D eigenvalue weighted by Gasteiger charge is 2.22. The van der Waals surface area contributed by atoms with Crippen LogP contribution in [0.3, 0.4) is 0 Å². The molecular weight excluding hydrogens is 214 g/mol. The minimum atomic E-state index is 0.127. The number of aryl methyl sites for hydroxylation is 1. The van der Waals surface area contributed by atoms with Gasteiger partial charge in [0.1, 0.15) is 0 Å². The summed E-state index contributed by atoms with van der Waals surface area (Å²) < 4.78 is 3.81. The van der Waals surface area contributed by atoms with E-state index in [-0.39, 0.29) is 5.69 Å². The molecule has 2 heterocycles. The van der Waals surface area contributed by atoms with Crippen LogP contribution in [0, 0.1) is 0 Å². The van der Waals surface area contributed by atoms with Crippen LogP contribution < -0.4 is 11.0 Å². The summed E-state index contributed by atoms with van der Waals surface area (Å²) in [5, 5.41) is 3.32. The summed E-state index contributed by atoms with van der Waals surface area (Å²) in [5.74, 6) is 0. The summed E-state index contributed by atoms with van der Waals surface area (Å²) in [6.45, 7) is 4.65. The van der Waals surface area contributed by atoms with Crippen LogP contribution in [0.1, 0.15) is 19.4 Å². The van der Waals surface area contributed by atoms with Gasteiger partial charge in [0.25, 0.3) is 0 Å². The predicted molar refractivity (Wildman–Crippen MR) is 68.4 cm³/mol. The Morgan fingerprint density at radius 2 is 2.12 bits per heavy atom. The molecule has 1 unspecified atom stereocenters. The first-order valence-corrected chi connectivity index (χ1v) is 6.23. The fraction of sp³-hybridized carbons (Fsp3) is 0.462. The van der Waals surface area contributed by atoms with Gasteiger partial charge in [-0.25, -0.2) is 4.79 Å². The number of nitrogens with one attached hydrogen (secondary N) is 1. The Labute approximate surface area is 99.9 Å². The lowest BCUT2D eigenvalue weighted by atomic mass is 10.2. The lowest BCUT2D eigenvalue weighted by Crippen LogP contribution is -2.28. The van der Waals surface area contributed by atoms with Crippen LogP contribution in [0.4, 0.5) is 0 Å². The van der Waals surface area contributed by atoms with Crippen molar-refractivity contribution < 1.29 is 0 Å². The molecule has 1 atom stereocenters. The van der Waals surface area contributed by atoms with Gasteiger partial charge in [-0.15, -0.1) is 0 Å². The van der Waals surface area contributed by atoms with Crippen molar-refractivity contribution >= 4 is 11.0 Å². The number of imidazole rings is 1. The molecular formula is C13H17N3O. The van der Waals surface area contributed by atoms with Gasteiger partial charge >= 0.3 is 5.69 Å². The van der Waals surface area contributed by atoms with Crippen molar-refractivity contribution in [1.82, 2.24) is 14.5 Å². The number of nitrogens with zero attached hydrogens (tertiary/aromatic N) is 2. The topological polar surface area (TPSA) is 39.0 Å². The zero-order valence-corrected chi connectivity index (χ0v) is 10.0. The summed E-state index contributed by atoms with van der Waals surface area (Å²) in [6, 6.07) is 8.37. The van der Waals surface area contributed by atoms with Gasteiger partial charge in [-0.1, -0.05) is 12.1 Å². The molecule has 0 spiro atoms. The number of rotatable bonds is 2. The van der Waals surface area contributed by atoms with E-state index in [2.05, 4.69) is 5.32 Å². The van der Waals surface area contributed by atoms with E-state index in [1.807, 2.05) is 40.3 Å². The minimum Gasteiger partial charge on any atom is -0.315 e. The van der Waals surface area contributed by atoms with Crippen molar-refractivity contribution in [2.24, 2.45) is 0 Å². The number of para-hydroxylation sites is 2. The van der Waals surface area contributed by atoms with Gasteiger partial charge in [0.2, 0.25) is 0 Å². The van der Waals surface area contributed by atoms with Gasteiger partial charge in [-0.05, 0) is 32.0 Å². The van der Waals surface area contributed by atoms with E-state index in [1.54, 1.807) is 0 Å². The highest BCUT2D eigenvalue weighted by molar-refractivity contribution is 5.76. The number of hydrogen-bond donors (Lipinski definition) is 1. The fourth-order valence-electron chi connectivity index (χ4n) is 2.75. The summed E-state index contributed by atoms with van der Waals surface area (Å²) in [7, 11) is 0. The summed E-state index contributed by atoms with van der Waals surface area (Å²) in [6.07, 6.45) is 1.04. The monoisotopic (exact) mass is 231 g/mol. The van der Waals surface area contributed by atoms with Crippen LogP contribution in [0.5, 0.6) is 0 Å². The van der Waals surface area contributed by atoms with E-state index in [4.69, 9.17) is 0 Å².